The fraction of sp³-hybridized carbons (Fsp3) is 0.300. The first-order valence-electron chi connectivity index (χ1n) is 9.38. The van der Waals surface area contributed by atoms with Crippen LogP contribution >= 0.6 is 0 Å². The van der Waals surface area contributed by atoms with Gasteiger partial charge in [0.25, 0.3) is 5.91 Å². The quantitative estimate of drug-likeness (QED) is 0.783. The minimum Gasteiger partial charge on any atom is -0.496 e. The van der Waals surface area contributed by atoms with Crippen LogP contribution in [0.1, 0.15) is 10.4 Å². The molecule has 4 rings (SSSR count). The third kappa shape index (κ3) is 3.64. The van der Waals surface area contributed by atoms with Crippen molar-refractivity contribution in [1.29, 1.82) is 0 Å². The Labute approximate surface area is 174 Å². The Bertz CT molecular complexity index is 1100. The zero-order valence-corrected chi connectivity index (χ0v) is 17.1. The SMILES string of the molecule is COc1ccc(S(=O)(=O)N2CCOCC2)cc1C(=O)N1CC(=O)Nc2ccccc21. The highest BCUT2D eigenvalue weighted by Gasteiger charge is 2.32. The van der Waals surface area contributed by atoms with Gasteiger partial charge >= 0.3 is 0 Å². The summed E-state index contributed by atoms with van der Waals surface area (Å²) < 4.78 is 37.9. The predicted octanol–water partition coefficient (Wildman–Crippen LogP) is 1.31. The third-order valence-corrected chi connectivity index (χ3v) is 6.92. The predicted molar refractivity (Wildman–Crippen MR) is 109 cm³/mol. The van der Waals surface area contributed by atoms with E-state index < -0.39 is 15.9 Å². The normalized spacial score (nSPS) is 17.2. The fourth-order valence-electron chi connectivity index (χ4n) is 3.51. The van der Waals surface area contributed by atoms with E-state index in [0.29, 0.717) is 24.6 Å². The van der Waals surface area contributed by atoms with E-state index >= 15 is 0 Å². The number of benzene rings is 2. The molecule has 0 saturated carbocycles. The summed E-state index contributed by atoms with van der Waals surface area (Å²) in [5.74, 6) is -0.629. The molecule has 9 nitrogen and oxygen atoms in total. The monoisotopic (exact) mass is 431 g/mol. The molecule has 0 radical (unpaired) electrons. The lowest BCUT2D eigenvalue weighted by Crippen LogP contribution is -2.42. The molecule has 10 heteroatoms. The Morgan fingerprint density at radius 1 is 1.13 bits per heavy atom. The molecule has 30 heavy (non-hydrogen) atoms. The van der Waals surface area contributed by atoms with Crippen LogP contribution in [0.25, 0.3) is 0 Å². The highest BCUT2D eigenvalue weighted by Crippen LogP contribution is 2.33. The average molecular weight is 431 g/mol. The maximum absolute atomic E-state index is 13.4. The van der Waals surface area contributed by atoms with Crippen LogP contribution in [0.5, 0.6) is 5.75 Å². The topological polar surface area (TPSA) is 105 Å². The largest absolute Gasteiger partial charge is 0.496 e. The van der Waals surface area contributed by atoms with Crippen molar-refractivity contribution in [3.8, 4) is 5.75 Å². The zero-order valence-electron chi connectivity index (χ0n) is 16.3. The molecule has 1 N–H and O–H groups in total. The number of ether oxygens (including phenoxy) is 2. The summed E-state index contributed by atoms with van der Waals surface area (Å²) in [5, 5.41) is 2.72. The fourth-order valence-corrected chi connectivity index (χ4v) is 4.95. The molecule has 1 fully saturated rings. The van der Waals surface area contributed by atoms with Crippen molar-refractivity contribution in [1.82, 2.24) is 4.31 Å². The van der Waals surface area contributed by atoms with Gasteiger partial charge in [-0.1, -0.05) is 12.1 Å². The van der Waals surface area contributed by atoms with Crippen molar-refractivity contribution in [2.24, 2.45) is 0 Å². The Morgan fingerprint density at radius 3 is 2.60 bits per heavy atom. The van der Waals surface area contributed by atoms with E-state index in [1.807, 2.05) is 0 Å². The second-order valence-electron chi connectivity index (χ2n) is 6.84. The Balaban J connectivity index is 1.74. The standard InChI is InChI=1S/C20H21N3O6S/c1-28-18-7-6-14(30(26,27)22-8-10-29-11-9-22)12-15(18)20(25)23-13-19(24)21-16-4-2-3-5-17(16)23/h2-7,12H,8-11,13H2,1H3,(H,21,24). The highest BCUT2D eigenvalue weighted by atomic mass is 32.2. The van der Waals surface area contributed by atoms with Gasteiger partial charge in [-0.3, -0.25) is 14.5 Å². The van der Waals surface area contributed by atoms with Gasteiger partial charge in [0.1, 0.15) is 12.3 Å². The number of hydrogen-bond acceptors (Lipinski definition) is 6. The summed E-state index contributed by atoms with van der Waals surface area (Å²) in [5.41, 5.74) is 1.11. The van der Waals surface area contributed by atoms with Gasteiger partial charge in [-0.15, -0.1) is 0 Å². The summed E-state index contributed by atoms with van der Waals surface area (Å²) in [6, 6.07) is 11.1. The number of anilines is 2. The van der Waals surface area contributed by atoms with Gasteiger partial charge in [0.15, 0.2) is 0 Å². The van der Waals surface area contributed by atoms with Gasteiger partial charge in [-0.25, -0.2) is 8.42 Å². The van der Waals surface area contributed by atoms with Crippen molar-refractivity contribution in [3.05, 3.63) is 48.0 Å². The number of carbonyl (C=O) groups excluding carboxylic acids is 2. The lowest BCUT2D eigenvalue weighted by Gasteiger charge is -2.30. The van der Waals surface area contributed by atoms with Crippen LogP contribution in [0.3, 0.4) is 0 Å². The second kappa shape index (κ2) is 8.05. The van der Waals surface area contributed by atoms with Crippen LogP contribution in [0.15, 0.2) is 47.4 Å². The molecule has 158 valence electrons. The first kappa shape index (κ1) is 20.3. The first-order chi connectivity index (χ1) is 14.4. The van der Waals surface area contributed by atoms with Gasteiger partial charge in [0.05, 0.1) is 42.2 Å². The summed E-state index contributed by atoms with van der Waals surface area (Å²) in [6.45, 7) is 0.954. The molecule has 0 bridgehead atoms. The number of nitrogens with zero attached hydrogens (tertiary/aromatic N) is 2. The van der Waals surface area contributed by atoms with Crippen LogP contribution in [0, 0.1) is 0 Å². The van der Waals surface area contributed by atoms with Crippen molar-refractivity contribution in [3.63, 3.8) is 0 Å². The maximum Gasteiger partial charge on any atom is 0.262 e. The molecule has 2 aliphatic rings. The Kier molecular flexibility index (Phi) is 5.46. The van der Waals surface area contributed by atoms with Crippen molar-refractivity contribution in [2.75, 3.05) is 50.2 Å². The molecule has 0 aromatic heterocycles. The molecule has 1 saturated heterocycles. The van der Waals surface area contributed by atoms with E-state index in [1.165, 1.54) is 34.5 Å². The van der Waals surface area contributed by atoms with Crippen molar-refractivity contribution >= 4 is 33.2 Å². The lowest BCUT2D eigenvalue weighted by molar-refractivity contribution is -0.115. The van der Waals surface area contributed by atoms with Gasteiger partial charge in [0.2, 0.25) is 15.9 Å². The number of hydrogen-bond donors (Lipinski definition) is 1. The Morgan fingerprint density at radius 2 is 1.87 bits per heavy atom. The molecule has 2 heterocycles. The van der Waals surface area contributed by atoms with E-state index in [9.17, 15) is 18.0 Å². The molecule has 0 unspecified atom stereocenters. The number of methoxy groups -OCH3 is 1. The molecule has 2 amide bonds. The first-order valence-corrected chi connectivity index (χ1v) is 10.8. The Hall–Kier alpha value is -2.95. The molecule has 2 aliphatic heterocycles. The smallest absolute Gasteiger partial charge is 0.262 e. The average Bonchev–Trinajstić information content (AvgIpc) is 2.78. The number of morpholine rings is 1. The van der Waals surface area contributed by atoms with Gasteiger partial charge < -0.3 is 14.8 Å². The molecular formula is C20H21N3O6S. The molecular weight excluding hydrogens is 410 g/mol. The minimum atomic E-state index is -3.80. The van der Waals surface area contributed by atoms with E-state index in [1.54, 1.807) is 24.3 Å². The van der Waals surface area contributed by atoms with Gasteiger partial charge in [0, 0.05) is 13.1 Å². The minimum absolute atomic E-state index is 0.0108. The molecule has 2 aromatic rings. The molecule has 0 atom stereocenters. The van der Waals surface area contributed by atoms with Gasteiger partial charge in [-0.2, -0.15) is 4.31 Å². The number of sulfonamides is 1. The summed E-state index contributed by atoms with van der Waals surface area (Å²) >= 11 is 0. The number of fused-ring (bicyclic) bond motifs is 1. The zero-order chi connectivity index (χ0) is 21.3. The molecule has 0 aliphatic carbocycles. The van der Waals surface area contributed by atoms with Crippen molar-refractivity contribution in [2.45, 2.75) is 4.90 Å². The summed E-state index contributed by atoms with van der Waals surface area (Å²) in [7, 11) is -2.40. The van der Waals surface area contributed by atoms with Crippen LogP contribution in [-0.2, 0) is 19.6 Å². The van der Waals surface area contributed by atoms with Crippen LogP contribution in [0.2, 0.25) is 0 Å². The van der Waals surface area contributed by atoms with Crippen LogP contribution in [0.4, 0.5) is 11.4 Å². The molecule has 0 spiro atoms. The number of nitrogens with one attached hydrogen (secondary N) is 1. The van der Waals surface area contributed by atoms with Gasteiger partial charge in [-0.05, 0) is 30.3 Å². The number of amides is 2. The van der Waals surface area contributed by atoms with E-state index in [2.05, 4.69) is 5.32 Å². The number of rotatable bonds is 4. The van der Waals surface area contributed by atoms with Crippen LogP contribution in [-0.4, -0.2) is 64.5 Å². The van der Waals surface area contributed by atoms with E-state index in [4.69, 9.17) is 9.47 Å². The highest BCUT2D eigenvalue weighted by molar-refractivity contribution is 7.89. The van der Waals surface area contributed by atoms with Crippen molar-refractivity contribution < 1.29 is 27.5 Å². The summed E-state index contributed by atoms with van der Waals surface area (Å²) in [6.07, 6.45) is 0. The summed E-state index contributed by atoms with van der Waals surface area (Å²) in [4.78, 5) is 26.8. The second-order valence-corrected chi connectivity index (χ2v) is 8.77. The van der Waals surface area contributed by atoms with E-state index in [0.717, 1.165) is 0 Å². The number of carbonyl (C=O) groups is 2. The lowest BCUT2D eigenvalue weighted by atomic mass is 10.1. The van der Waals surface area contributed by atoms with E-state index in [-0.39, 0.29) is 41.7 Å². The maximum atomic E-state index is 13.4. The van der Waals surface area contributed by atoms with Crippen LogP contribution < -0.4 is 15.0 Å². The third-order valence-electron chi connectivity index (χ3n) is 5.02. The number of para-hydroxylation sites is 2. The molecule has 2 aromatic carbocycles.